The van der Waals surface area contributed by atoms with E-state index in [2.05, 4.69) is 34.1 Å². The molecule has 110 valence electrons. The van der Waals surface area contributed by atoms with Gasteiger partial charge < -0.3 is 9.47 Å². The summed E-state index contributed by atoms with van der Waals surface area (Å²) in [6.45, 7) is 0. The number of methoxy groups -OCH3 is 2. The molecule has 1 aliphatic rings. The smallest absolute Gasteiger partial charge is 0.127 e. The zero-order chi connectivity index (χ0) is 14.8. The van der Waals surface area contributed by atoms with Gasteiger partial charge >= 0.3 is 0 Å². The third-order valence-electron chi connectivity index (χ3n) is 4.13. The van der Waals surface area contributed by atoms with Crippen LogP contribution in [0.5, 0.6) is 11.5 Å². The summed E-state index contributed by atoms with van der Waals surface area (Å²) in [6.07, 6.45) is 3.66. The van der Waals surface area contributed by atoms with E-state index in [1.165, 1.54) is 36.0 Å². The molecule has 3 rings (SSSR count). The molecular formula is C18H19BrO2. The van der Waals surface area contributed by atoms with Crippen LogP contribution in [0.3, 0.4) is 0 Å². The third-order valence-corrected chi connectivity index (χ3v) is 5.12. The molecule has 21 heavy (non-hydrogen) atoms. The number of alkyl halides is 1. The van der Waals surface area contributed by atoms with Crippen molar-refractivity contribution in [1.82, 2.24) is 0 Å². The van der Waals surface area contributed by atoms with Crippen molar-refractivity contribution in [2.45, 2.75) is 24.1 Å². The second kappa shape index (κ2) is 6.10. The molecule has 2 nitrogen and oxygen atoms in total. The minimum atomic E-state index is 0.0644. The molecule has 1 aliphatic carbocycles. The van der Waals surface area contributed by atoms with E-state index in [4.69, 9.17) is 9.47 Å². The van der Waals surface area contributed by atoms with Gasteiger partial charge in [0.15, 0.2) is 0 Å². The van der Waals surface area contributed by atoms with E-state index in [-0.39, 0.29) is 4.83 Å². The van der Waals surface area contributed by atoms with Crippen molar-refractivity contribution in [3.63, 3.8) is 0 Å². The number of hydrogen-bond donors (Lipinski definition) is 0. The number of fused-ring (bicyclic) bond motifs is 1. The van der Waals surface area contributed by atoms with Crippen LogP contribution in [0.1, 0.15) is 33.5 Å². The van der Waals surface area contributed by atoms with Crippen LogP contribution in [0.25, 0.3) is 0 Å². The zero-order valence-electron chi connectivity index (χ0n) is 12.4. The average molecular weight is 347 g/mol. The normalized spacial score (nSPS) is 14.6. The molecule has 2 aromatic carbocycles. The van der Waals surface area contributed by atoms with E-state index < -0.39 is 0 Å². The average Bonchev–Trinajstić information content (AvgIpc) is 3.00. The highest BCUT2D eigenvalue weighted by atomic mass is 79.9. The monoisotopic (exact) mass is 346 g/mol. The third kappa shape index (κ3) is 2.67. The summed E-state index contributed by atoms with van der Waals surface area (Å²) in [6, 6.07) is 12.7. The highest BCUT2D eigenvalue weighted by Gasteiger charge is 2.21. The van der Waals surface area contributed by atoms with Crippen molar-refractivity contribution in [2.75, 3.05) is 14.2 Å². The Labute approximate surface area is 134 Å². The van der Waals surface area contributed by atoms with E-state index in [9.17, 15) is 0 Å². The SMILES string of the molecule is COc1cccc(OC)c1C(Br)c1ccc2c(c1)CCC2. The van der Waals surface area contributed by atoms with Gasteiger partial charge in [0.1, 0.15) is 11.5 Å². The maximum Gasteiger partial charge on any atom is 0.127 e. The Kier molecular flexibility index (Phi) is 4.20. The molecule has 0 bridgehead atoms. The molecule has 0 N–H and O–H groups in total. The topological polar surface area (TPSA) is 18.5 Å². The molecule has 0 fully saturated rings. The van der Waals surface area contributed by atoms with Crippen LogP contribution in [0.2, 0.25) is 0 Å². The highest BCUT2D eigenvalue weighted by molar-refractivity contribution is 9.09. The molecule has 0 saturated carbocycles. The molecule has 3 heteroatoms. The lowest BCUT2D eigenvalue weighted by Crippen LogP contribution is -2.01. The summed E-state index contributed by atoms with van der Waals surface area (Å²) in [4.78, 5) is 0.0644. The Morgan fingerprint density at radius 3 is 2.29 bits per heavy atom. The van der Waals surface area contributed by atoms with Crippen LogP contribution in [0, 0.1) is 0 Å². The van der Waals surface area contributed by atoms with Crippen molar-refractivity contribution in [3.8, 4) is 11.5 Å². The lowest BCUT2D eigenvalue weighted by atomic mass is 9.99. The highest BCUT2D eigenvalue weighted by Crippen LogP contribution is 2.43. The summed E-state index contributed by atoms with van der Waals surface area (Å²) in [5, 5.41) is 0. The Morgan fingerprint density at radius 2 is 1.62 bits per heavy atom. The van der Waals surface area contributed by atoms with Crippen LogP contribution < -0.4 is 9.47 Å². The molecule has 0 amide bonds. The minimum absolute atomic E-state index is 0.0644. The molecule has 0 aliphatic heterocycles. The molecule has 0 spiro atoms. The first-order chi connectivity index (χ1) is 10.2. The summed E-state index contributed by atoms with van der Waals surface area (Å²) >= 11 is 3.83. The number of benzene rings is 2. The van der Waals surface area contributed by atoms with Crippen LogP contribution in [-0.4, -0.2) is 14.2 Å². The Balaban J connectivity index is 2.04. The molecule has 0 aromatic heterocycles. The molecular weight excluding hydrogens is 328 g/mol. The van der Waals surface area contributed by atoms with Gasteiger partial charge in [-0.15, -0.1) is 0 Å². The molecule has 0 heterocycles. The van der Waals surface area contributed by atoms with Gasteiger partial charge in [0, 0.05) is 0 Å². The lowest BCUT2D eigenvalue weighted by Gasteiger charge is -2.18. The molecule has 1 atom stereocenters. The number of hydrogen-bond acceptors (Lipinski definition) is 2. The van der Waals surface area contributed by atoms with Crippen LogP contribution in [-0.2, 0) is 12.8 Å². The summed E-state index contributed by atoms with van der Waals surface area (Å²) < 4.78 is 11.0. The van der Waals surface area contributed by atoms with Crippen LogP contribution in [0.15, 0.2) is 36.4 Å². The van der Waals surface area contributed by atoms with Gasteiger partial charge in [0.2, 0.25) is 0 Å². The van der Waals surface area contributed by atoms with Gasteiger partial charge in [-0.1, -0.05) is 40.2 Å². The van der Waals surface area contributed by atoms with Crippen molar-refractivity contribution in [1.29, 1.82) is 0 Å². The van der Waals surface area contributed by atoms with Gasteiger partial charge in [0.25, 0.3) is 0 Å². The maximum absolute atomic E-state index is 5.51. The summed E-state index contributed by atoms with van der Waals surface area (Å²) in [5.41, 5.74) is 5.26. The fraction of sp³-hybridized carbons (Fsp3) is 0.333. The number of aryl methyl sites for hydroxylation is 2. The van der Waals surface area contributed by atoms with Gasteiger partial charge in [-0.25, -0.2) is 0 Å². The fourth-order valence-electron chi connectivity index (χ4n) is 3.05. The standard InChI is InChI=1S/C18H19BrO2/c1-20-15-7-4-8-16(21-2)17(15)18(19)14-10-9-12-5-3-6-13(12)11-14/h4,7-11,18H,3,5-6H2,1-2H3. The van der Waals surface area contributed by atoms with E-state index >= 15 is 0 Å². The predicted molar refractivity (Wildman–Crippen MR) is 88.8 cm³/mol. The number of halogens is 1. The van der Waals surface area contributed by atoms with Crippen molar-refractivity contribution in [2.24, 2.45) is 0 Å². The summed E-state index contributed by atoms with van der Waals surface area (Å²) in [5.74, 6) is 1.69. The second-order valence-electron chi connectivity index (χ2n) is 5.32. The first kappa shape index (κ1) is 14.5. The van der Waals surface area contributed by atoms with E-state index in [1.807, 2.05) is 18.2 Å². The molecule has 0 saturated heterocycles. The molecule has 2 aromatic rings. The van der Waals surface area contributed by atoms with Crippen LogP contribution >= 0.6 is 15.9 Å². The molecule has 0 radical (unpaired) electrons. The Morgan fingerprint density at radius 1 is 0.952 bits per heavy atom. The Bertz CT molecular complexity index is 629. The Hall–Kier alpha value is -1.48. The number of rotatable bonds is 4. The number of ether oxygens (including phenoxy) is 2. The maximum atomic E-state index is 5.51. The predicted octanol–water partition coefficient (Wildman–Crippen LogP) is 4.68. The quantitative estimate of drug-likeness (QED) is 0.748. The first-order valence-corrected chi connectivity index (χ1v) is 8.13. The van der Waals surface area contributed by atoms with Crippen LogP contribution in [0.4, 0.5) is 0 Å². The van der Waals surface area contributed by atoms with Gasteiger partial charge in [0.05, 0.1) is 24.6 Å². The van der Waals surface area contributed by atoms with E-state index in [0.29, 0.717) is 0 Å². The zero-order valence-corrected chi connectivity index (χ0v) is 13.9. The van der Waals surface area contributed by atoms with E-state index in [1.54, 1.807) is 14.2 Å². The van der Waals surface area contributed by atoms with Gasteiger partial charge in [-0.05, 0) is 48.1 Å². The van der Waals surface area contributed by atoms with Crippen molar-refractivity contribution in [3.05, 3.63) is 58.7 Å². The van der Waals surface area contributed by atoms with E-state index in [0.717, 1.165) is 17.1 Å². The fourth-order valence-corrected chi connectivity index (χ4v) is 3.78. The largest absolute Gasteiger partial charge is 0.496 e. The van der Waals surface area contributed by atoms with Crippen molar-refractivity contribution < 1.29 is 9.47 Å². The van der Waals surface area contributed by atoms with Gasteiger partial charge in [-0.3, -0.25) is 0 Å². The van der Waals surface area contributed by atoms with Crippen molar-refractivity contribution >= 4 is 15.9 Å². The minimum Gasteiger partial charge on any atom is -0.496 e. The first-order valence-electron chi connectivity index (χ1n) is 7.21. The molecule has 1 unspecified atom stereocenters. The second-order valence-corrected chi connectivity index (χ2v) is 6.24. The van der Waals surface area contributed by atoms with Gasteiger partial charge in [-0.2, -0.15) is 0 Å². The summed E-state index contributed by atoms with van der Waals surface area (Å²) in [7, 11) is 3.39. The lowest BCUT2D eigenvalue weighted by molar-refractivity contribution is 0.386.